The van der Waals surface area contributed by atoms with Crippen molar-refractivity contribution in [3.63, 3.8) is 0 Å². The van der Waals surface area contributed by atoms with Gasteiger partial charge >= 0.3 is 0 Å². The Labute approximate surface area is 129 Å². The lowest BCUT2D eigenvalue weighted by Crippen LogP contribution is -2.35. The minimum atomic E-state index is 0.393. The Morgan fingerprint density at radius 2 is 1.81 bits per heavy atom. The number of thiophene rings is 1. The van der Waals surface area contributed by atoms with Crippen LogP contribution >= 0.6 is 11.3 Å². The molecule has 0 bridgehead atoms. The van der Waals surface area contributed by atoms with E-state index in [1.807, 2.05) is 11.3 Å². The summed E-state index contributed by atoms with van der Waals surface area (Å²) >= 11 is 1.92. The van der Waals surface area contributed by atoms with Crippen LogP contribution in [0.3, 0.4) is 0 Å². The van der Waals surface area contributed by atoms with E-state index >= 15 is 0 Å². The van der Waals surface area contributed by atoms with Crippen molar-refractivity contribution in [3.05, 3.63) is 70.6 Å². The lowest BCUT2D eigenvalue weighted by molar-refractivity contribution is 0.722. The zero-order valence-corrected chi connectivity index (χ0v) is 13.0. The molecule has 3 aromatic rings. The lowest BCUT2D eigenvalue weighted by atomic mass is 9.90. The number of fused-ring (bicyclic) bond motifs is 2. The van der Waals surface area contributed by atoms with Gasteiger partial charge in [0.2, 0.25) is 0 Å². The van der Waals surface area contributed by atoms with E-state index in [9.17, 15) is 0 Å². The van der Waals surface area contributed by atoms with Gasteiger partial charge in [0.05, 0.1) is 6.04 Å². The van der Waals surface area contributed by atoms with Gasteiger partial charge < -0.3 is 4.90 Å². The highest BCUT2D eigenvalue weighted by Gasteiger charge is 2.35. The average Bonchev–Trinajstić information content (AvgIpc) is 2.86. The van der Waals surface area contributed by atoms with E-state index in [1.54, 1.807) is 0 Å². The van der Waals surface area contributed by atoms with E-state index in [-0.39, 0.29) is 0 Å². The van der Waals surface area contributed by atoms with Crippen molar-refractivity contribution in [2.75, 3.05) is 11.9 Å². The highest BCUT2D eigenvalue weighted by atomic mass is 32.1. The molecule has 1 nitrogen and oxygen atoms in total. The van der Waals surface area contributed by atoms with Gasteiger partial charge in [-0.2, -0.15) is 0 Å². The molecule has 2 heteroatoms. The van der Waals surface area contributed by atoms with Crippen molar-refractivity contribution in [1.29, 1.82) is 0 Å². The highest BCUT2D eigenvalue weighted by molar-refractivity contribution is 7.19. The molecule has 0 radical (unpaired) electrons. The molecule has 0 saturated heterocycles. The number of hydrogen-bond donors (Lipinski definition) is 0. The summed E-state index contributed by atoms with van der Waals surface area (Å²) < 4.78 is 1.37. The molecule has 0 saturated carbocycles. The Morgan fingerprint density at radius 3 is 2.67 bits per heavy atom. The van der Waals surface area contributed by atoms with Crippen LogP contribution in [0.2, 0.25) is 0 Å². The zero-order valence-electron chi connectivity index (χ0n) is 12.2. The summed E-state index contributed by atoms with van der Waals surface area (Å²) in [6.45, 7) is 2.09. The largest absolute Gasteiger partial charge is 0.362 e. The standard InChI is InChI=1S/C19H17NS/c1-3-8-14-13-9-5-7-12-17(13)21-19(14)18-15-10-4-6-11-16(15)20(18)2/h3-12,18H,1-2H3/b8-3-. The number of hydrogen-bond acceptors (Lipinski definition) is 2. The van der Waals surface area contributed by atoms with Crippen LogP contribution in [0.4, 0.5) is 5.69 Å². The topological polar surface area (TPSA) is 3.24 Å². The van der Waals surface area contributed by atoms with E-state index in [0.717, 1.165) is 0 Å². The van der Waals surface area contributed by atoms with E-state index < -0.39 is 0 Å². The van der Waals surface area contributed by atoms with Gasteiger partial charge in [-0.25, -0.2) is 0 Å². The summed E-state index contributed by atoms with van der Waals surface area (Å²) in [4.78, 5) is 3.84. The molecule has 4 rings (SSSR count). The van der Waals surface area contributed by atoms with Gasteiger partial charge in [0.1, 0.15) is 0 Å². The molecule has 0 amide bonds. The summed E-state index contributed by atoms with van der Waals surface area (Å²) in [7, 11) is 2.19. The fourth-order valence-electron chi connectivity index (χ4n) is 3.26. The summed E-state index contributed by atoms with van der Waals surface area (Å²) in [6, 6.07) is 17.8. The molecule has 21 heavy (non-hydrogen) atoms. The molecule has 0 spiro atoms. The quantitative estimate of drug-likeness (QED) is 0.605. The van der Waals surface area contributed by atoms with Crippen LogP contribution in [0, 0.1) is 0 Å². The number of allylic oxidation sites excluding steroid dienone is 1. The maximum atomic E-state index is 2.38. The first-order chi connectivity index (χ1) is 10.3. The maximum Gasteiger partial charge on any atom is 0.0911 e. The SMILES string of the molecule is C/C=C\c1c(C2c3ccccc3N2C)sc2ccccc12. The van der Waals surface area contributed by atoms with Crippen molar-refractivity contribution in [1.82, 2.24) is 0 Å². The third-order valence-corrected chi connectivity index (χ3v) is 5.48. The highest BCUT2D eigenvalue weighted by Crippen LogP contribution is 2.50. The fraction of sp³-hybridized carbons (Fsp3) is 0.158. The third kappa shape index (κ3) is 1.76. The lowest BCUT2D eigenvalue weighted by Gasteiger charge is -2.42. The Kier molecular flexibility index (Phi) is 2.86. The van der Waals surface area contributed by atoms with Crippen molar-refractivity contribution >= 4 is 33.2 Å². The van der Waals surface area contributed by atoms with E-state index in [4.69, 9.17) is 0 Å². The zero-order chi connectivity index (χ0) is 14.4. The van der Waals surface area contributed by atoms with Crippen LogP contribution in [0.25, 0.3) is 16.2 Å². The first-order valence-electron chi connectivity index (χ1n) is 7.27. The first kappa shape index (κ1) is 12.7. The van der Waals surface area contributed by atoms with Gasteiger partial charge in [0, 0.05) is 33.3 Å². The van der Waals surface area contributed by atoms with E-state index in [0.29, 0.717) is 6.04 Å². The Balaban J connectivity index is 1.94. The van der Waals surface area contributed by atoms with Gasteiger partial charge in [-0.15, -0.1) is 11.3 Å². The van der Waals surface area contributed by atoms with Crippen molar-refractivity contribution in [2.45, 2.75) is 13.0 Å². The smallest absolute Gasteiger partial charge is 0.0911 e. The Hall–Kier alpha value is -2.06. The van der Waals surface area contributed by atoms with Crippen LogP contribution in [0.1, 0.15) is 29.0 Å². The van der Waals surface area contributed by atoms with E-state index in [2.05, 4.69) is 79.6 Å². The predicted molar refractivity (Wildman–Crippen MR) is 93.2 cm³/mol. The Bertz CT molecular complexity index is 844. The van der Waals surface area contributed by atoms with Crippen molar-refractivity contribution in [3.8, 4) is 0 Å². The molecular weight excluding hydrogens is 274 g/mol. The minimum Gasteiger partial charge on any atom is -0.362 e. The molecule has 104 valence electrons. The summed E-state index contributed by atoms with van der Waals surface area (Å²) in [5.74, 6) is 0. The molecule has 0 fully saturated rings. The monoisotopic (exact) mass is 291 g/mol. The number of nitrogens with zero attached hydrogens (tertiary/aromatic N) is 1. The van der Waals surface area contributed by atoms with Gasteiger partial charge in [-0.1, -0.05) is 48.6 Å². The summed E-state index contributed by atoms with van der Waals surface area (Å²) in [5, 5.41) is 1.37. The molecular formula is C19H17NS. The molecule has 1 atom stereocenters. The van der Waals surface area contributed by atoms with Gasteiger partial charge in [0.25, 0.3) is 0 Å². The molecule has 0 aliphatic carbocycles. The number of rotatable bonds is 2. The third-order valence-electron chi connectivity index (χ3n) is 4.24. The molecule has 2 heterocycles. The molecule has 2 aromatic carbocycles. The predicted octanol–water partition coefficient (Wildman–Crippen LogP) is 5.47. The van der Waals surface area contributed by atoms with Crippen LogP contribution in [-0.4, -0.2) is 7.05 Å². The average molecular weight is 291 g/mol. The number of benzene rings is 2. The minimum absolute atomic E-state index is 0.393. The van der Waals surface area contributed by atoms with Crippen LogP contribution in [0.5, 0.6) is 0 Å². The normalized spacial score (nSPS) is 17.2. The van der Waals surface area contributed by atoms with Crippen molar-refractivity contribution < 1.29 is 0 Å². The van der Waals surface area contributed by atoms with Crippen molar-refractivity contribution in [2.24, 2.45) is 0 Å². The summed E-state index contributed by atoms with van der Waals surface area (Å²) in [5.41, 5.74) is 4.17. The van der Waals surface area contributed by atoms with E-state index in [1.165, 1.54) is 31.8 Å². The molecule has 1 aromatic heterocycles. The van der Waals surface area contributed by atoms with Crippen LogP contribution < -0.4 is 4.90 Å². The first-order valence-corrected chi connectivity index (χ1v) is 8.09. The summed E-state index contributed by atoms with van der Waals surface area (Å²) in [6.07, 6.45) is 4.39. The molecule has 1 aliphatic rings. The van der Waals surface area contributed by atoms with Crippen LogP contribution in [0.15, 0.2) is 54.6 Å². The number of anilines is 1. The fourth-order valence-corrected chi connectivity index (χ4v) is 4.62. The van der Waals surface area contributed by atoms with Gasteiger partial charge in [-0.3, -0.25) is 0 Å². The Morgan fingerprint density at radius 1 is 1.05 bits per heavy atom. The molecule has 1 aliphatic heterocycles. The molecule has 1 unspecified atom stereocenters. The van der Waals surface area contributed by atoms with Crippen LogP contribution in [-0.2, 0) is 0 Å². The van der Waals surface area contributed by atoms with Gasteiger partial charge in [-0.05, 0) is 24.6 Å². The molecule has 0 N–H and O–H groups in total. The number of para-hydroxylation sites is 1. The second-order valence-corrected chi connectivity index (χ2v) is 6.53. The second-order valence-electron chi connectivity index (χ2n) is 5.45. The van der Waals surface area contributed by atoms with Gasteiger partial charge in [0.15, 0.2) is 0 Å². The maximum absolute atomic E-state index is 2.38. The second kappa shape index (κ2) is 4.74.